The molecule has 0 radical (unpaired) electrons. The van der Waals surface area contributed by atoms with E-state index in [0.717, 1.165) is 31.7 Å². The number of ether oxygens (including phenoxy) is 1. The maximum absolute atomic E-state index is 11.9. The third kappa shape index (κ3) is 6.68. The van der Waals surface area contributed by atoms with E-state index in [-0.39, 0.29) is 12.0 Å². The van der Waals surface area contributed by atoms with Gasteiger partial charge in [0, 0.05) is 32.3 Å². The molecule has 20 heavy (non-hydrogen) atoms. The number of nitrogens with zero attached hydrogens (tertiary/aromatic N) is 1. The molecule has 0 spiro atoms. The zero-order valence-corrected chi connectivity index (χ0v) is 12.8. The summed E-state index contributed by atoms with van der Waals surface area (Å²) in [6.07, 6.45) is 1.78. The molecule has 0 heterocycles. The summed E-state index contributed by atoms with van der Waals surface area (Å²) in [4.78, 5) is 14.2. The van der Waals surface area contributed by atoms with E-state index in [4.69, 9.17) is 4.74 Å². The maximum atomic E-state index is 11.9. The van der Waals surface area contributed by atoms with Crippen molar-refractivity contribution in [1.29, 1.82) is 0 Å². The quantitative estimate of drug-likeness (QED) is 0.755. The fraction of sp³-hybridized carbons (Fsp3) is 0.562. The van der Waals surface area contributed by atoms with E-state index in [0.29, 0.717) is 6.42 Å². The van der Waals surface area contributed by atoms with Crippen LogP contribution in [0.5, 0.6) is 0 Å². The number of hydrogen-bond donors (Lipinski definition) is 1. The van der Waals surface area contributed by atoms with Gasteiger partial charge in [-0.05, 0) is 32.0 Å². The Morgan fingerprint density at radius 3 is 2.60 bits per heavy atom. The molecule has 1 rings (SSSR count). The average Bonchev–Trinajstić information content (AvgIpc) is 2.46. The number of anilines is 1. The van der Waals surface area contributed by atoms with Crippen molar-refractivity contribution in [2.75, 3.05) is 32.1 Å². The van der Waals surface area contributed by atoms with Crippen LogP contribution in [0.4, 0.5) is 5.69 Å². The SMILES string of the molecule is CCCN(CCC(=O)Nc1ccccc1)CC(C)OC. The molecule has 4 heteroatoms. The summed E-state index contributed by atoms with van der Waals surface area (Å²) in [5.41, 5.74) is 0.852. The van der Waals surface area contributed by atoms with Crippen LogP contribution in [0.25, 0.3) is 0 Å². The van der Waals surface area contributed by atoms with Crippen LogP contribution in [-0.4, -0.2) is 43.7 Å². The fourth-order valence-corrected chi connectivity index (χ4v) is 2.05. The standard InChI is InChI=1S/C16H26N2O2/c1-4-11-18(13-14(2)20-3)12-10-16(19)17-15-8-6-5-7-9-15/h5-9,14H,4,10-13H2,1-3H3,(H,17,19). The molecule has 0 saturated carbocycles. The molecule has 1 N–H and O–H groups in total. The summed E-state index contributed by atoms with van der Waals surface area (Å²) in [5.74, 6) is 0.0578. The van der Waals surface area contributed by atoms with Crippen LogP contribution in [0.3, 0.4) is 0 Å². The molecule has 0 aliphatic rings. The van der Waals surface area contributed by atoms with E-state index in [2.05, 4.69) is 17.1 Å². The summed E-state index contributed by atoms with van der Waals surface area (Å²) in [5, 5.41) is 2.91. The molecule has 0 fully saturated rings. The number of para-hydroxylation sites is 1. The smallest absolute Gasteiger partial charge is 0.225 e. The van der Waals surface area contributed by atoms with Crippen LogP contribution in [-0.2, 0) is 9.53 Å². The topological polar surface area (TPSA) is 41.6 Å². The highest BCUT2D eigenvalue weighted by molar-refractivity contribution is 5.90. The molecule has 1 amide bonds. The van der Waals surface area contributed by atoms with Gasteiger partial charge in [-0.25, -0.2) is 0 Å². The average molecular weight is 278 g/mol. The van der Waals surface area contributed by atoms with Gasteiger partial charge < -0.3 is 15.0 Å². The highest BCUT2D eigenvalue weighted by Gasteiger charge is 2.11. The van der Waals surface area contributed by atoms with E-state index in [9.17, 15) is 4.79 Å². The first kappa shape index (κ1) is 16.7. The number of carbonyl (C=O) groups is 1. The van der Waals surface area contributed by atoms with E-state index in [1.807, 2.05) is 37.3 Å². The molecule has 0 bridgehead atoms. The first-order valence-electron chi connectivity index (χ1n) is 7.25. The second-order valence-corrected chi connectivity index (χ2v) is 5.01. The van der Waals surface area contributed by atoms with Crippen LogP contribution >= 0.6 is 0 Å². The lowest BCUT2D eigenvalue weighted by molar-refractivity contribution is -0.116. The van der Waals surface area contributed by atoms with Gasteiger partial charge in [-0.2, -0.15) is 0 Å². The summed E-state index contributed by atoms with van der Waals surface area (Å²) < 4.78 is 5.29. The maximum Gasteiger partial charge on any atom is 0.225 e. The van der Waals surface area contributed by atoms with Crippen molar-refractivity contribution in [3.63, 3.8) is 0 Å². The summed E-state index contributed by atoms with van der Waals surface area (Å²) in [6.45, 7) is 6.82. The largest absolute Gasteiger partial charge is 0.380 e. The van der Waals surface area contributed by atoms with E-state index < -0.39 is 0 Å². The van der Waals surface area contributed by atoms with E-state index in [1.54, 1.807) is 7.11 Å². The van der Waals surface area contributed by atoms with Crippen molar-refractivity contribution in [3.05, 3.63) is 30.3 Å². The van der Waals surface area contributed by atoms with Crippen molar-refractivity contribution in [1.82, 2.24) is 4.90 Å². The second-order valence-electron chi connectivity index (χ2n) is 5.01. The minimum absolute atomic E-state index is 0.0578. The number of rotatable bonds is 9. The van der Waals surface area contributed by atoms with Crippen LogP contribution in [0.2, 0.25) is 0 Å². The molecule has 0 aliphatic heterocycles. The Labute approximate surface area is 122 Å². The molecule has 112 valence electrons. The number of hydrogen-bond acceptors (Lipinski definition) is 3. The summed E-state index contributed by atoms with van der Waals surface area (Å²) in [6, 6.07) is 9.56. The monoisotopic (exact) mass is 278 g/mol. The molecular formula is C16H26N2O2. The van der Waals surface area contributed by atoms with Gasteiger partial charge in [0.25, 0.3) is 0 Å². The summed E-state index contributed by atoms with van der Waals surface area (Å²) >= 11 is 0. The molecule has 0 aromatic heterocycles. The highest BCUT2D eigenvalue weighted by Crippen LogP contribution is 2.06. The van der Waals surface area contributed by atoms with Gasteiger partial charge in [0.1, 0.15) is 0 Å². The Morgan fingerprint density at radius 1 is 1.30 bits per heavy atom. The third-order valence-corrected chi connectivity index (χ3v) is 3.17. The first-order chi connectivity index (χ1) is 9.65. The number of amides is 1. The van der Waals surface area contributed by atoms with Crippen molar-refractivity contribution in [2.45, 2.75) is 32.8 Å². The molecule has 1 aromatic carbocycles. The summed E-state index contributed by atoms with van der Waals surface area (Å²) in [7, 11) is 1.72. The molecule has 1 aromatic rings. The molecule has 0 saturated heterocycles. The number of nitrogens with one attached hydrogen (secondary N) is 1. The Morgan fingerprint density at radius 2 is 2.00 bits per heavy atom. The van der Waals surface area contributed by atoms with Crippen LogP contribution in [0, 0.1) is 0 Å². The number of carbonyl (C=O) groups excluding carboxylic acids is 1. The molecule has 4 nitrogen and oxygen atoms in total. The Bertz CT molecular complexity index is 381. The second kappa shape index (κ2) is 9.50. The number of methoxy groups -OCH3 is 1. The zero-order chi connectivity index (χ0) is 14.8. The van der Waals surface area contributed by atoms with Crippen molar-refractivity contribution < 1.29 is 9.53 Å². The van der Waals surface area contributed by atoms with Gasteiger partial charge >= 0.3 is 0 Å². The first-order valence-corrected chi connectivity index (χ1v) is 7.25. The van der Waals surface area contributed by atoms with Gasteiger partial charge in [-0.1, -0.05) is 25.1 Å². The Hall–Kier alpha value is -1.39. The van der Waals surface area contributed by atoms with Crippen molar-refractivity contribution in [2.24, 2.45) is 0 Å². The van der Waals surface area contributed by atoms with Gasteiger partial charge in [0.05, 0.1) is 6.10 Å². The normalized spacial score (nSPS) is 12.4. The van der Waals surface area contributed by atoms with Gasteiger partial charge in [-0.15, -0.1) is 0 Å². The fourth-order valence-electron chi connectivity index (χ4n) is 2.05. The lowest BCUT2D eigenvalue weighted by Gasteiger charge is -2.24. The van der Waals surface area contributed by atoms with Gasteiger partial charge in [-0.3, -0.25) is 4.79 Å². The zero-order valence-electron chi connectivity index (χ0n) is 12.8. The predicted molar refractivity (Wildman–Crippen MR) is 82.9 cm³/mol. The molecule has 0 aliphatic carbocycles. The minimum Gasteiger partial charge on any atom is -0.380 e. The van der Waals surface area contributed by atoms with Gasteiger partial charge in [0.15, 0.2) is 0 Å². The van der Waals surface area contributed by atoms with Crippen molar-refractivity contribution in [3.8, 4) is 0 Å². The highest BCUT2D eigenvalue weighted by atomic mass is 16.5. The lowest BCUT2D eigenvalue weighted by Crippen LogP contribution is -2.35. The molecule has 1 atom stereocenters. The minimum atomic E-state index is 0.0578. The molecule has 1 unspecified atom stereocenters. The predicted octanol–water partition coefficient (Wildman–Crippen LogP) is 2.76. The van der Waals surface area contributed by atoms with Crippen LogP contribution in [0.1, 0.15) is 26.7 Å². The Kier molecular flexibility index (Phi) is 7.92. The van der Waals surface area contributed by atoms with E-state index in [1.165, 1.54) is 0 Å². The lowest BCUT2D eigenvalue weighted by atomic mass is 10.2. The third-order valence-electron chi connectivity index (χ3n) is 3.17. The van der Waals surface area contributed by atoms with Crippen LogP contribution in [0.15, 0.2) is 30.3 Å². The van der Waals surface area contributed by atoms with E-state index >= 15 is 0 Å². The number of benzene rings is 1. The van der Waals surface area contributed by atoms with Gasteiger partial charge in [0.2, 0.25) is 5.91 Å². The van der Waals surface area contributed by atoms with Crippen molar-refractivity contribution >= 4 is 11.6 Å². The molecular weight excluding hydrogens is 252 g/mol. The van der Waals surface area contributed by atoms with Crippen LogP contribution < -0.4 is 5.32 Å². The Balaban J connectivity index is 2.36.